The molecule has 19 heavy (non-hydrogen) atoms. The second kappa shape index (κ2) is 7.34. The Labute approximate surface area is 113 Å². The highest BCUT2D eigenvalue weighted by Crippen LogP contribution is 2.15. The van der Waals surface area contributed by atoms with E-state index in [0.29, 0.717) is 6.61 Å². The highest BCUT2D eigenvalue weighted by molar-refractivity contribution is 5.98. The zero-order valence-corrected chi connectivity index (χ0v) is 11.4. The molecule has 0 aliphatic heterocycles. The van der Waals surface area contributed by atoms with Gasteiger partial charge in [-0.3, -0.25) is 0 Å². The molecule has 100 valence electrons. The molecule has 4 nitrogen and oxygen atoms in total. The standard InChI is InChI=1S/C15H17NO3/c1-11-4-5-12(2)13(8-11)9-14(10-16)15(17)19-7-6-18-3/h4-5,8-9H,6-7H2,1-3H3/b14-9+. The van der Waals surface area contributed by atoms with Crippen molar-refractivity contribution in [2.75, 3.05) is 20.3 Å². The monoisotopic (exact) mass is 259 g/mol. The summed E-state index contributed by atoms with van der Waals surface area (Å²) >= 11 is 0. The number of carbonyl (C=O) groups is 1. The first-order valence-corrected chi connectivity index (χ1v) is 5.93. The van der Waals surface area contributed by atoms with E-state index in [1.54, 1.807) is 6.08 Å². The molecule has 0 fully saturated rings. The maximum atomic E-state index is 11.7. The van der Waals surface area contributed by atoms with Crippen molar-refractivity contribution in [2.24, 2.45) is 0 Å². The van der Waals surface area contributed by atoms with Crippen molar-refractivity contribution < 1.29 is 14.3 Å². The fraction of sp³-hybridized carbons (Fsp3) is 0.333. The first-order chi connectivity index (χ1) is 9.08. The zero-order chi connectivity index (χ0) is 14.3. The molecule has 0 unspecified atom stereocenters. The Morgan fingerprint density at radius 2 is 2.11 bits per heavy atom. The van der Waals surface area contributed by atoms with E-state index in [-0.39, 0.29) is 12.2 Å². The van der Waals surface area contributed by atoms with E-state index in [1.807, 2.05) is 38.1 Å². The zero-order valence-electron chi connectivity index (χ0n) is 11.4. The van der Waals surface area contributed by atoms with Crippen LogP contribution in [0, 0.1) is 25.2 Å². The van der Waals surface area contributed by atoms with Gasteiger partial charge in [-0.1, -0.05) is 23.8 Å². The number of nitriles is 1. The number of aryl methyl sites for hydroxylation is 2. The van der Waals surface area contributed by atoms with E-state index in [1.165, 1.54) is 7.11 Å². The number of nitrogens with zero attached hydrogens (tertiary/aromatic N) is 1. The molecule has 0 bridgehead atoms. The SMILES string of the molecule is COCCOC(=O)/C(C#N)=C/c1cc(C)ccc1C. The first kappa shape index (κ1) is 14.9. The second-order valence-corrected chi connectivity index (χ2v) is 4.16. The Bertz CT molecular complexity index is 527. The molecule has 0 amide bonds. The van der Waals surface area contributed by atoms with Gasteiger partial charge in [-0.15, -0.1) is 0 Å². The fourth-order valence-electron chi connectivity index (χ4n) is 1.50. The molecule has 0 spiro atoms. The highest BCUT2D eigenvalue weighted by Gasteiger charge is 2.11. The molecule has 0 saturated carbocycles. The third kappa shape index (κ3) is 4.57. The van der Waals surface area contributed by atoms with Crippen molar-refractivity contribution in [3.63, 3.8) is 0 Å². The number of ether oxygens (including phenoxy) is 2. The van der Waals surface area contributed by atoms with Crippen LogP contribution in [-0.4, -0.2) is 26.3 Å². The lowest BCUT2D eigenvalue weighted by atomic mass is 10.0. The Morgan fingerprint density at radius 3 is 2.74 bits per heavy atom. The second-order valence-electron chi connectivity index (χ2n) is 4.16. The summed E-state index contributed by atoms with van der Waals surface area (Å²) in [5, 5.41) is 9.02. The number of carbonyl (C=O) groups excluding carboxylic acids is 1. The van der Waals surface area contributed by atoms with Crippen molar-refractivity contribution in [3.8, 4) is 6.07 Å². The summed E-state index contributed by atoms with van der Waals surface area (Å²) in [4.78, 5) is 11.7. The Kier molecular flexibility index (Phi) is 5.77. The van der Waals surface area contributed by atoms with Gasteiger partial charge >= 0.3 is 5.97 Å². The van der Waals surface area contributed by atoms with Crippen LogP contribution in [0.1, 0.15) is 16.7 Å². The molecule has 1 rings (SSSR count). The maximum absolute atomic E-state index is 11.7. The molecule has 0 atom stereocenters. The summed E-state index contributed by atoms with van der Waals surface area (Å²) < 4.78 is 9.70. The molecule has 4 heteroatoms. The average molecular weight is 259 g/mol. The summed E-state index contributed by atoms with van der Waals surface area (Å²) in [5.74, 6) is -0.625. The minimum Gasteiger partial charge on any atom is -0.459 e. The number of methoxy groups -OCH3 is 1. The van der Waals surface area contributed by atoms with Crippen molar-refractivity contribution >= 4 is 12.0 Å². The Hall–Kier alpha value is -2.12. The largest absolute Gasteiger partial charge is 0.459 e. The van der Waals surface area contributed by atoms with E-state index >= 15 is 0 Å². The summed E-state index contributed by atoms with van der Waals surface area (Å²) in [6.07, 6.45) is 1.55. The van der Waals surface area contributed by atoms with Crippen LogP contribution in [-0.2, 0) is 14.3 Å². The molecule has 0 aromatic heterocycles. The number of benzene rings is 1. The summed E-state index contributed by atoms with van der Waals surface area (Å²) in [5.41, 5.74) is 2.91. The Morgan fingerprint density at radius 1 is 1.37 bits per heavy atom. The molecule has 0 saturated heterocycles. The van der Waals surface area contributed by atoms with Crippen molar-refractivity contribution in [2.45, 2.75) is 13.8 Å². The maximum Gasteiger partial charge on any atom is 0.348 e. The van der Waals surface area contributed by atoms with E-state index < -0.39 is 5.97 Å². The van der Waals surface area contributed by atoms with Crippen LogP contribution in [0.25, 0.3) is 6.08 Å². The van der Waals surface area contributed by atoms with Gasteiger partial charge in [0.1, 0.15) is 18.2 Å². The van der Waals surface area contributed by atoms with Crippen molar-refractivity contribution in [1.29, 1.82) is 5.26 Å². The van der Waals surface area contributed by atoms with Gasteiger partial charge in [0, 0.05) is 7.11 Å². The first-order valence-electron chi connectivity index (χ1n) is 5.93. The van der Waals surface area contributed by atoms with Gasteiger partial charge in [-0.2, -0.15) is 5.26 Å². The van der Waals surface area contributed by atoms with Crippen LogP contribution in [0.3, 0.4) is 0 Å². The van der Waals surface area contributed by atoms with Crippen LogP contribution in [0.5, 0.6) is 0 Å². The number of hydrogen-bond donors (Lipinski definition) is 0. The van der Waals surface area contributed by atoms with E-state index in [4.69, 9.17) is 14.7 Å². The van der Waals surface area contributed by atoms with Crippen LogP contribution in [0.4, 0.5) is 0 Å². The molecule has 0 aliphatic carbocycles. The van der Waals surface area contributed by atoms with Gasteiger partial charge in [-0.25, -0.2) is 4.79 Å². The van der Waals surface area contributed by atoms with Crippen LogP contribution >= 0.6 is 0 Å². The lowest BCUT2D eigenvalue weighted by Gasteiger charge is -2.05. The highest BCUT2D eigenvalue weighted by atomic mass is 16.6. The molecule has 0 heterocycles. The summed E-state index contributed by atoms with van der Waals surface area (Å²) in [6, 6.07) is 7.73. The number of esters is 1. The summed E-state index contributed by atoms with van der Waals surface area (Å²) in [6.45, 7) is 4.34. The summed E-state index contributed by atoms with van der Waals surface area (Å²) in [7, 11) is 1.52. The third-order valence-corrected chi connectivity index (χ3v) is 2.60. The van der Waals surface area contributed by atoms with Crippen LogP contribution in [0.15, 0.2) is 23.8 Å². The molecular weight excluding hydrogens is 242 g/mol. The quantitative estimate of drug-likeness (QED) is 0.352. The molecule has 0 radical (unpaired) electrons. The topological polar surface area (TPSA) is 59.3 Å². The molecule has 0 N–H and O–H groups in total. The normalized spacial score (nSPS) is 10.9. The van der Waals surface area contributed by atoms with Gasteiger partial charge in [0.05, 0.1) is 6.61 Å². The van der Waals surface area contributed by atoms with Crippen LogP contribution < -0.4 is 0 Å². The average Bonchev–Trinajstić information content (AvgIpc) is 2.39. The lowest BCUT2D eigenvalue weighted by molar-refractivity contribution is -0.139. The van der Waals surface area contributed by atoms with Crippen LogP contribution in [0.2, 0.25) is 0 Å². The minimum atomic E-state index is -0.625. The fourth-order valence-corrected chi connectivity index (χ4v) is 1.50. The predicted molar refractivity (Wildman–Crippen MR) is 72.3 cm³/mol. The van der Waals surface area contributed by atoms with Gasteiger partial charge < -0.3 is 9.47 Å². The van der Waals surface area contributed by atoms with E-state index in [9.17, 15) is 4.79 Å². The van der Waals surface area contributed by atoms with Gasteiger partial charge in [0.25, 0.3) is 0 Å². The van der Waals surface area contributed by atoms with E-state index in [0.717, 1.165) is 16.7 Å². The molecule has 0 aliphatic rings. The number of hydrogen-bond acceptors (Lipinski definition) is 4. The smallest absolute Gasteiger partial charge is 0.348 e. The molecule has 1 aromatic carbocycles. The van der Waals surface area contributed by atoms with Crippen molar-refractivity contribution in [3.05, 3.63) is 40.5 Å². The van der Waals surface area contributed by atoms with Crippen molar-refractivity contribution in [1.82, 2.24) is 0 Å². The molecule has 1 aromatic rings. The number of rotatable bonds is 5. The predicted octanol–water partition coefficient (Wildman–Crippen LogP) is 2.40. The van der Waals surface area contributed by atoms with Gasteiger partial charge in [0.2, 0.25) is 0 Å². The van der Waals surface area contributed by atoms with Gasteiger partial charge in [0.15, 0.2) is 0 Å². The van der Waals surface area contributed by atoms with Gasteiger partial charge in [-0.05, 0) is 31.1 Å². The third-order valence-electron chi connectivity index (χ3n) is 2.60. The van der Waals surface area contributed by atoms with E-state index in [2.05, 4.69) is 0 Å². The lowest BCUT2D eigenvalue weighted by Crippen LogP contribution is -2.11. The molecular formula is C15H17NO3. The Balaban J connectivity index is 2.90. The minimum absolute atomic E-state index is 0.00944.